The molecule has 0 unspecified atom stereocenters. The van der Waals surface area contributed by atoms with Gasteiger partial charge < -0.3 is 25.3 Å². The number of hydrogen-bond acceptors (Lipinski definition) is 4. The Labute approximate surface area is 192 Å². The largest absolute Gasteiger partial charge is 0.485 e. The van der Waals surface area contributed by atoms with Crippen molar-refractivity contribution in [1.29, 1.82) is 0 Å². The van der Waals surface area contributed by atoms with E-state index in [0.29, 0.717) is 10.6 Å². The van der Waals surface area contributed by atoms with Crippen LogP contribution in [0.2, 0.25) is 10.0 Å². The number of rotatable bonds is 7. The molecule has 0 saturated heterocycles. The minimum absolute atomic E-state index is 0.0171. The maximum atomic E-state index is 12.2. The van der Waals surface area contributed by atoms with Crippen LogP contribution in [0.25, 0.3) is 11.3 Å². The van der Waals surface area contributed by atoms with Gasteiger partial charge in [0.1, 0.15) is 12.2 Å². The number of amides is 1. The van der Waals surface area contributed by atoms with Crippen LogP contribution in [0.3, 0.4) is 0 Å². The highest BCUT2D eigenvalue weighted by atomic mass is 35.5. The Bertz CT molecular complexity index is 1270. The highest BCUT2D eigenvalue weighted by Gasteiger charge is 2.33. The minimum atomic E-state index is -1.43. The van der Waals surface area contributed by atoms with Crippen molar-refractivity contribution in [2.75, 3.05) is 0 Å². The number of halogens is 2. The monoisotopic (exact) mass is 476 g/mol. The molecule has 0 aliphatic rings. The summed E-state index contributed by atoms with van der Waals surface area (Å²) in [6.45, 7) is 1.58. The molecule has 0 saturated carbocycles. The fourth-order valence-electron chi connectivity index (χ4n) is 3.41. The molecular weight excluding hydrogens is 459 g/mol. The summed E-state index contributed by atoms with van der Waals surface area (Å²) in [5, 5.41) is 20.4. The molecule has 0 spiro atoms. The number of nitrogens with zero attached hydrogens (tertiary/aromatic N) is 1. The molecule has 8 nitrogen and oxygen atoms in total. The Kier molecular flexibility index (Phi) is 6.47. The van der Waals surface area contributed by atoms with Crippen LogP contribution in [-0.4, -0.2) is 32.6 Å². The van der Waals surface area contributed by atoms with Crippen LogP contribution in [0, 0.1) is 6.92 Å². The van der Waals surface area contributed by atoms with Gasteiger partial charge in [0, 0.05) is 18.2 Å². The third kappa shape index (κ3) is 4.28. The van der Waals surface area contributed by atoms with E-state index in [1.807, 2.05) is 0 Å². The standard InChI is InChI=1S/C22H18Cl2N2O6/c1-10-3-5-12(20(25)27)13(7-10)17-16(21(28)29)19(18(22(30)31)26(17)2)32-9-11-4-6-14(23)15(24)8-11/h3-8H,9H2,1-2H3,(H2,25,27)(H,28,29)(H,30,31). The SMILES string of the molecule is Cc1ccc(C(N)=O)c(-c2c(C(=O)O)c(OCc3ccc(Cl)c(Cl)c3)c(C(=O)O)n2C)c1. The molecular formula is C22H18Cl2N2O6. The molecule has 0 radical (unpaired) electrons. The first-order chi connectivity index (χ1) is 15.0. The van der Waals surface area contributed by atoms with Crippen molar-refractivity contribution in [2.24, 2.45) is 12.8 Å². The van der Waals surface area contributed by atoms with Gasteiger partial charge in [-0.3, -0.25) is 4.79 Å². The van der Waals surface area contributed by atoms with Crippen molar-refractivity contribution >= 4 is 41.0 Å². The first-order valence-electron chi connectivity index (χ1n) is 9.19. The third-order valence-corrected chi connectivity index (χ3v) is 5.57. The number of nitrogens with two attached hydrogens (primary N) is 1. The fourth-order valence-corrected chi connectivity index (χ4v) is 3.73. The summed E-state index contributed by atoms with van der Waals surface area (Å²) in [7, 11) is 1.38. The average Bonchev–Trinajstić information content (AvgIpc) is 3.00. The molecule has 3 rings (SSSR count). The van der Waals surface area contributed by atoms with Gasteiger partial charge in [-0.25, -0.2) is 9.59 Å². The number of primary amides is 1. The maximum Gasteiger partial charge on any atom is 0.356 e. The summed E-state index contributed by atoms with van der Waals surface area (Å²) in [4.78, 5) is 36.3. The fraction of sp³-hybridized carbons (Fsp3) is 0.136. The smallest absolute Gasteiger partial charge is 0.356 e. The zero-order valence-electron chi connectivity index (χ0n) is 17.0. The molecule has 0 aliphatic carbocycles. The number of carboxylic acids is 2. The summed E-state index contributed by atoms with van der Waals surface area (Å²) in [5.41, 5.74) is 6.16. The minimum Gasteiger partial charge on any atom is -0.485 e. The van der Waals surface area contributed by atoms with Gasteiger partial charge in [0.25, 0.3) is 0 Å². The van der Waals surface area contributed by atoms with Gasteiger partial charge in [-0.15, -0.1) is 0 Å². The Morgan fingerprint density at radius 2 is 1.72 bits per heavy atom. The van der Waals surface area contributed by atoms with Gasteiger partial charge in [0.2, 0.25) is 5.91 Å². The molecule has 0 aliphatic heterocycles. The third-order valence-electron chi connectivity index (χ3n) is 4.83. The van der Waals surface area contributed by atoms with E-state index in [1.165, 1.54) is 19.2 Å². The normalized spacial score (nSPS) is 10.8. The molecule has 0 fully saturated rings. The molecule has 32 heavy (non-hydrogen) atoms. The van der Waals surface area contributed by atoms with Crippen LogP contribution < -0.4 is 10.5 Å². The summed E-state index contributed by atoms with van der Waals surface area (Å²) < 4.78 is 6.85. The number of carbonyl (C=O) groups excluding carboxylic acids is 1. The van der Waals surface area contributed by atoms with Crippen LogP contribution >= 0.6 is 23.2 Å². The Morgan fingerprint density at radius 3 is 2.28 bits per heavy atom. The summed E-state index contributed by atoms with van der Waals surface area (Å²) in [6, 6.07) is 9.36. The molecule has 3 aromatic rings. The Balaban J connectivity index is 2.24. The number of aryl methyl sites for hydroxylation is 1. The number of hydrogen-bond donors (Lipinski definition) is 3. The second-order valence-electron chi connectivity index (χ2n) is 7.02. The Hall–Kier alpha value is -3.49. The van der Waals surface area contributed by atoms with E-state index < -0.39 is 29.1 Å². The van der Waals surface area contributed by atoms with Gasteiger partial charge >= 0.3 is 11.9 Å². The molecule has 2 aromatic carbocycles. The quantitative estimate of drug-likeness (QED) is 0.463. The van der Waals surface area contributed by atoms with Gasteiger partial charge in [-0.1, -0.05) is 40.9 Å². The van der Waals surface area contributed by atoms with E-state index >= 15 is 0 Å². The highest BCUT2D eigenvalue weighted by molar-refractivity contribution is 6.42. The van der Waals surface area contributed by atoms with E-state index in [9.17, 15) is 24.6 Å². The van der Waals surface area contributed by atoms with Gasteiger partial charge in [-0.05, 0) is 36.8 Å². The van der Waals surface area contributed by atoms with Crippen LogP contribution in [-0.2, 0) is 13.7 Å². The molecule has 0 atom stereocenters. The summed E-state index contributed by atoms with van der Waals surface area (Å²) in [5.74, 6) is -3.97. The first kappa shape index (κ1) is 23.2. The Morgan fingerprint density at radius 1 is 1.03 bits per heavy atom. The van der Waals surface area contributed by atoms with Gasteiger partial charge in [0.05, 0.1) is 15.7 Å². The van der Waals surface area contributed by atoms with E-state index in [1.54, 1.807) is 31.2 Å². The number of ether oxygens (including phenoxy) is 1. The number of benzene rings is 2. The van der Waals surface area contributed by atoms with Crippen molar-refractivity contribution < 1.29 is 29.3 Å². The predicted molar refractivity (Wildman–Crippen MR) is 119 cm³/mol. The van der Waals surface area contributed by atoms with Crippen molar-refractivity contribution in [3.05, 3.63) is 74.4 Å². The van der Waals surface area contributed by atoms with Crippen LogP contribution in [0.1, 0.15) is 42.3 Å². The lowest BCUT2D eigenvalue weighted by atomic mass is 9.98. The first-order valence-corrected chi connectivity index (χ1v) is 9.95. The molecule has 1 amide bonds. The van der Waals surface area contributed by atoms with Crippen LogP contribution in [0.4, 0.5) is 0 Å². The highest BCUT2D eigenvalue weighted by Crippen LogP contribution is 2.39. The van der Waals surface area contributed by atoms with Crippen molar-refractivity contribution in [3.63, 3.8) is 0 Å². The second-order valence-corrected chi connectivity index (χ2v) is 7.84. The van der Waals surface area contributed by atoms with Crippen molar-refractivity contribution in [2.45, 2.75) is 13.5 Å². The zero-order valence-corrected chi connectivity index (χ0v) is 18.5. The molecule has 4 N–H and O–H groups in total. The van der Waals surface area contributed by atoms with Gasteiger partial charge in [0.15, 0.2) is 11.4 Å². The zero-order chi connectivity index (χ0) is 23.7. The van der Waals surface area contributed by atoms with Crippen molar-refractivity contribution in [1.82, 2.24) is 4.57 Å². The molecule has 1 aromatic heterocycles. The summed E-state index contributed by atoms with van der Waals surface area (Å²) in [6.07, 6.45) is 0. The molecule has 0 bridgehead atoms. The van der Waals surface area contributed by atoms with E-state index in [-0.39, 0.29) is 34.2 Å². The number of carboxylic acid groups (broad SMARTS) is 2. The van der Waals surface area contributed by atoms with Crippen LogP contribution in [0.15, 0.2) is 36.4 Å². The maximum absolute atomic E-state index is 12.2. The number of aromatic carboxylic acids is 2. The van der Waals surface area contributed by atoms with E-state index in [4.69, 9.17) is 33.7 Å². The molecule has 10 heteroatoms. The second kappa shape index (κ2) is 8.94. The summed E-state index contributed by atoms with van der Waals surface area (Å²) >= 11 is 11.9. The van der Waals surface area contributed by atoms with Crippen LogP contribution in [0.5, 0.6) is 5.75 Å². The predicted octanol–water partition coefficient (Wildman–Crippen LogP) is 4.38. The number of carbonyl (C=O) groups is 3. The molecule has 1 heterocycles. The lowest BCUT2D eigenvalue weighted by Gasteiger charge is -2.11. The topological polar surface area (TPSA) is 132 Å². The number of aromatic nitrogens is 1. The average molecular weight is 477 g/mol. The molecule has 166 valence electrons. The lowest BCUT2D eigenvalue weighted by molar-refractivity contribution is 0.0681. The lowest BCUT2D eigenvalue weighted by Crippen LogP contribution is -2.14. The van der Waals surface area contributed by atoms with Crippen molar-refractivity contribution in [3.8, 4) is 17.0 Å². The van der Waals surface area contributed by atoms with E-state index in [2.05, 4.69) is 0 Å². The van der Waals surface area contributed by atoms with E-state index in [0.717, 1.165) is 10.1 Å². The van der Waals surface area contributed by atoms with Gasteiger partial charge in [-0.2, -0.15) is 0 Å².